The molecule has 1 amide bonds. The molecule has 2 rings (SSSR count). The third-order valence-corrected chi connectivity index (χ3v) is 3.53. The first-order valence-corrected chi connectivity index (χ1v) is 7.02. The number of hydrogen-bond donors (Lipinski definition) is 3. The van der Waals surface area contributed by atoms with Crippen molar-refractivity contribution in [1.82, 2.24) is 0 Å². The molecule has 0 aliphatic heterocycles. The number of amides is 1. The lowest BCUT2D eigenvalue weighted by Crippen LogP contribution is -2.14. The van der Waals surface area contributed by atoms with Crippen molar-refractivity contribution in [1.29, 1.82) is 0 Å². The summed E-state index contributed by atoms with van der Waals surface area (Å²) < 4.78 is 0.798. The van der Waals surface area contributed by atoms with Crippen LogP contribution in [0.1, 0.15) is 15.9 Å². The number of oxime groups is 1. The first kappa shape index (κ1) is 15.3. The van der Waals surface area contributed by atoms with Crippen molar-refractivity contribution >= 4 is 45.0 Å². The largest absolute Gasteiger partial charge is 0.409 e. The number of halogens is 2. The number of hydrogen-bond acceptors (Lipinski definition) is 3. The molecule has 0 spiro atoms. The number of nitrogens with one attached hydrogen (secondary N) is 1. The highest BCUT2D eigenvalue weighted by molar-refractivity contribution is 9.10. The average Bonchev–Trinajstić information content (AvgIpc) is 2.47. The van der Waals surface area contributed by atoms with Crippen molar-refractivity contribution in [2.45, 2.75) is 0 Å². The fourth-order valence-corrected chi connectivity index (χ4v) is 2.41. The lowest BCUT2D eigenvalue weighted by molar-refractivity contribution is 0.102. The fraction of sp³-hybridized carbons (Fsp3) is 0. The summed E-state index contributed by atoms with van der Waals surface area (Å²) in [6, 6.07) is 11.6. The van der Waals surface area contributed by atoms with Crippen LogP contribution in [0.4, 0.5) is 5.69 Å². The Labute approximate surface area is 134 Å². The molecule has 0 heterocycles. The molecule has 0 saturated heterocycles. The van der Waals surface area contributed by atoms with E-state index in [4.69, 9.17) is 22.5 Å². The van der Waals surface area contributed by atoms with Crippen LogP contribution in [0.15, 0.2) is 52.1 Å². The van der Waals surface area contributed by atoms with E-state index in [2.05, 4.69) is 26.4 Å². The second kappa shape index (κ2) is 6.60. The molecule has 0 unspecified atom stereocenters. The van der Waals surface area contributed by atoms with Crippen molar-refractivity contribution in [2.24, 2.45) is 10.9 Å². The number of carbonyl (C=O) groups is 1. The first-order chi connectivity index (χ1) is 10.0. The van der Waals surface area contributed by atoms with Crippen LogP contribution >= 0.6 is 27.5 Å². The number of rotatable bonds is 3. The van der Waals surface area contributed by atoms with Crippen LogP contribution in [0.5, 0.6) is 0 Å². The van der Waals surface area contributed by atoms with E-state index < -0.39 is 0 Å². The highest BCUT2D eigenvalue weighted by Gasteiger charge is 2.11. The summed E-state index contributed by atoms with van der Waals surface area (Å²) in [7, 11) is 0. The molecule has 0 fully saturated rings. The molecule has 0 radical (unpaired) electrons. The Morgan fingerprint density at radius 3 is 2.48 bits per heavy atom. The van der Waals surface area contributed by atoms with Crippen LogP contribution in [0.25, 0.3) is 0 Å². The van der Waals surface area contributed by atoms with E-state index in [9.17, 15) is 4.79 Å². The lowest BCUT2D eigenvalue weighted by atomic mass is 10.1. The van der Waals surface area contributed by atoms with Gasteiger partial charge in [0, 0.05) is 15.7 Å². The molecule has 7 heteroatoms. The molecule has 2 aromatic carbocycles. The van der Waals surface area contributed by atoms with Crippen LogP contribution in [-0.4, -0.2) is 17.0 Å². The molecule has 21 heavy (non-hydrogen) atoms. The van der Waals surface area contributed by atoms with Crippen molar-refractivity contribution in [3.05, 3.63) is 63.1 Å². The molecule has 0 saturated carbocycles. The number of nitrogens with two attached hydrogens (primary N) is 1. The minimum atomic E-state index is -0.316. The van der Waals surface area contributed by atoms with Crippen molar-refractivity contribution in [3.8, 4) is 0 Å². The van der Waals surface area contributed by atoms with E-state index in [1.807, 2.05) is 0 Å². The number of nitrogens with zero attached hydrogens (tertiary/aromatic N) is 1. The zero-order valence-electron chi connectivity index (χ0n) is 10.7. The van der Waals surface area contributed by atoms with Gasteiger partial charge < -0.3 is 16.3 Å². The quantitative estimate of drug-likeness (QED) is 0.335. The second-order valence-corrected chi connectivity index (χ2v) is 5.46. The summed E-state index contributed by atoms with van der Waals surface area (Å²) in [5.41, 5.74) is 6.97. The van der Waals surface area contributed by atoms with E-state index in [1.54, 1.807) is 42.5 Å². The van der Waals surface area contributed by atoms with E-state index in [-0.39, 0.29) is 11.7 Å². The zero-order valence-corrected chi connectivity index (χ0v) is 13.0. The number of carbonyl (C=O) groups excluding carboxylic acids is 1. The molecule has 4 N–H and O–H groups in total. The molecule has 0 aliphatic rings. The molecule has 108 valence electrons. The van der Waals surface area contributed by atoms with Gasteiger partial charge in [0.2, 0.25) is 0 Å². The van der Waals surface area contributed by atoms with Crippen LogP contribution in [0, 0.1) is 0 Å². The third-order valence-electron chi connectivity index (χ3n) is 2.72. The molecule has 0 aliphatic carbocycles. The van der Waals surface area contributed by atoms with E-state index in [0.717, 1.165) is 4.47 Å². The Balaban J connectivity index is 2.16. The summed E-state index contributed by atoms with van der Waals surface area (Å²) in [6.07, 6.45) is 0. The topological polar surface area (TPSA) is 87.7 Å². The Kier molecular flexibility index (Phi) is 4.82. The third kappa shape index (κ3) is 3.74. The van der Waals surface area contributed by atoms with Gasteiger partial charge in [-0.3, -0.25) is 4.79 Å². The van der Waals surface area contributed by atoms with Crippen LogP contribution < -0.4 is 11.1 Å². The number of anilines is 1. The van der Waals surface area contributed by atoms with Crippen molar-refractivity contribution in [3.63, 3.8) is 0 Å². The molecule has 0 bridgehead atoms. The van der Waals surface area contributed by atoms with Gasteiger partial charge in [-0.15, -0.1) is 0 Å². The average molecular weight is 369 g/mol. The van der Waals surface area contributed by atoms with E-state index in [0.29, 0.717) is 21.8 Å². The van der Waals surface area contributed by atoms with Crippen LogP contribution in [0.2, 0.25) is 5.02 Å². The minimum absolute atomic E-state index is 0.00355. The lowest BCUT2D eigenvalue weighted by Gasteiger charge is -2.08. The smallest absolute Gasteiger partial charge is 0.257 e. The van der Waals surface area contributed by atoms with Crippen molar-refractivity contribution < 1.29 is 10.0 Å². The maximum Gasteiger partial charge on any atom is 0.257 e. The monoisotopic (exact) mass is 367 g/mol. The Bertz CT molecular complexity index is 702. The standard InChI is InChI=1S/C14H11BrClN3O2/c15-9-3-6-11(12(16)7-9)14(20)18-10-4-1-8(2-5-10)13(17)19-21/h1-7,21H,(H2,17,19)(H,18,20). The normalized spacial score (nSPS) is 11.2. The van der Waals surface area contributed by atoms with Gasteiger partial charge in [-0.2, -0.15) is 0 Å². The highest BCUT2D eigenvalue weighted by Crippen LogP contribution is 2.22. The first-order valence-electron chi connectivity index (χ1n) is 5.85. The predicted octanol–water partition coefficient (Wildman–Crippen LogP) is 3.45. The summed E-state index contributed by atoms with van der Waals surface area (Å²) in [6.45, 7) is 0. The van der Waals surface area contributed by atoms with E-state index >= 15 is 0 Å². The highest BCUT2D eigenvalue weighted by atomic mass is 79.9. The SMILES string of the molecule is N/C(=N/O)c1ccc(NC(=O)c2ccc(Br)cc2Cl)cc1. The molecular formula is C14H11BrClN3O2. The Morgan fingerprint density at radius 2 is 1.90 bits per heavy atom. The van der Waals surface area contributed by atoms with Gasteiger partial charge in [0.25, 0.3) is 5.91 Å². The van der Waals surface area contributed by atoms with Crippen LogP contribution in [-0.2, 0) is 0 Å². The van der Waals surface area contributed by atoms with Gasteiger partial charge in [0.05, 0.1) is 10.6 Å². The number of benzene rings is 2. The molecule has 5 nitrogen and oxygen atoms in total. The van der Waals surface area contributed by atoms with Gasteiger partial charge in [0.1, 0.15) is 0 Å². The van der Waals surface area contributed by atoms with Gasteiger partial charge in [-0.05, 0) is 42.5 Å². The van der Waals surface area contributed by atoms with Crippen molar-refractivity contribution in [2.75, 3.05) is 5.32 Å². The molecular weight excluding hydrogens is 358 g/mol. The summed E-state index contributed by atoms with van der Waals surface area (Å²) >= 11 is 9.31. The maximum absolute atomic E-state index is 12.1. The molecule has 0 aromatic heterocycles. The summed E-state index contributed by atoms with van der Waals surface area (Å²) in [4.78, 5) is 12.1. The van der Waals surface area contributed by atoms with Crippen LogP contribution in [0.3, 0.4) is 0 Å². The summed E-state index contributed by atoms with van der Waals surface area (Å²) in [5, 5.41) is 14.6. The number of amidine groups is 1. The van der Waals surface area contributed by atoms with Gasteiger partial charge in [-0.25, -0.2) is 0 Å². The molecule has 2 aromatic rings. The maximum atomic E-state index is 12.1. The predicted molar refractivity (Wildman–Crippen MR) is 86.1 cm³/mol. The van der Waals surface area contributed by atoms with Gasteiger partial charge in [-0.1, -0.05) is 32.7 Å². The van der Waals surface area contributed by atoms with E-state index in [1.165, 1.54) is 0 Å². The van der Waals surface area contributed by atoms with Gasteiger partial charge in [0.15, 0.2) is 5.84 Å². The van der Waals surface area contributed by atoms with Gasteiger partial charge >= 0.3 is 0 Å². The molecule has 0 atom stereocenters. The fourth-order valence-electron chi connectivity index (χ4n) is 1.65. The zero-order chi connectivity index (χ0) is 15.4. The summed E-state index contributed by atoms with van der Waals surface area (Å²) in [5.74, 6) is -0.312. The Hall–Kier alpha value is -2.05. The second-order valence-electron chi connectivity index (χ2n) is 4.14. The Morgan fingerprint density at radius 1 is 1.24 bits per heavy atom. The minimum Gasteiger partial charge on any atom is -0.409 e.